The highest BCUT2D eigenvalue weighted by molar-refractivity contribution is 9.10. The standard InChI is InChI=1S/C12H18BrN3O2S/c1-8(2)12-15-10(13)5-11(16-12)14-6-9-3-4-19(17,18)7-9/h5,8-9H,3-4,6-7H2,1-2H3,(H,14,15,16). The molecule has 0 saturated carbocycles. The van der Waals surface area contributed by atoms with Gasteiger partial charge in [-0.2, -0.15) is 0 Å². The molecule has 1 aliphatic heterocycles. The van der Waals surface area contributed by atoms with Crippen LogP contribution in [0.1, 0.15) is 32.0 Å². The quantitative estimate of drug-likeness (QED) is 0.845. The number of nitrogens with zero attached hydrogens (tertiary/aromatic N) is 2. The fourth-order valence-electron chi connectivity index (χ4n) is 2.07. The molecule has 5 nitrogen and oxygen atoms in total. The van der Waals surface area contributed by atoms with Gasteiger partial charge < -0.3 is 5.32 Å². The Balaban J connectivity index is 2.00. The van der Waals surface area contributed by atoms with Crippen LogP contribution in [0.4, 0.5) is 5.82 Å². The highest BCUT2D eigenvalue weighted by Gasteiger charge is 2.27. The lowest BCUT2D eigenvalue weighted by Gasteiger charge is -2.12. The summed E-state index contributed by atoms with van der Waals surface area (Å²) in [5.41, 5.74) is 0. The average Bonchev–Trinajstić information content (AvgIpc) is 2.65. The number of hydrogen-bond donors (Lipinski definition) is 1. The van der Waals surface area contributed by atoms with Crippen LogP contribution >= 0.6 is 15.9 Å². The van der Waals surface area contributed by atoms with Crippen molar-refractivity contribution in [3.63, 3.8) is 0 Å². The Hall–Kier alpha value is -0.690. The van der Waals surface area contributed by atoms with Gasteiger partial charge in [-0.25, -0.2) is 18.4 Å². The van der Waals surface area contributed by atoms with Gasteiger partial charge in [0.05, 0.1) is 11.5 Å². The molecule has 7 heteroatoms. The molecule has 1 N–H and O–H groups in total. The van der Waals surface area contributed by atoms with Gasteiger partial charge >= 0.3 is 0 Å². The van der Waals surface area contributed by atoms with Crippen molar-refractivity contribution >= 4 is 31.6 Å². The lowest BCUT2D eigenvalue weighted by atomic mass is 10.1. The van der Waals surface area contributed by atoms with Gasteiger partial charge in [0.1, 0.15) is 16.2 Å². The van der Waals surface area contributed by atoms with E-state index in [0.29, 0.717) is 12.3 Å². The first kappa shape index (κ1) is 14.7. The summed E-state index contributed by atoms with van der Waals surface area (Å²) in [6, 6.07) is 1.81. The SMILES string of the molecule is CC(C)c1nc(Br)cc(NCC2CCS(=O)(=O)C2)n1. The summed E-state index contributed by atoms with van der Waals surface area (Å²) in [5.74, 6) is 2.55. The number of rotatable bonds is 4. The third kappa shape index (κ3) is 4.14. The fraction of sp³-hybridized carbons (Fsp3) is 0.667. The van der Waals surface area contributed by atoms with Crippen LogP contribution < -0.4 is 5.32 Å². The zero-order valence-corrected chi connectivity index (χ0v) is 13.5. The average molecular weight is 348 g/mol. The minimum absolute atomic E-state index is 0.182. The maximum Gasteiger partial charge on any atom is 0.150 e. The first-order valence-corrected chi connectivity index (χ1v) is 8.96. The zero-order chi connectivity index (χ0) is 14.0. The van der Waals surface area contributed by atoms with Crippen LogP contribution in [0, 0.1) is 5.92 Å². The van der Waals surface area contributed by atoms with Gasteiger partial charge in [-0.1, -0.05) is 13.8 Å². The van der Waals surface area contributed by atoms with Crippen molar-refractivity contribution in [1.29, 1.82) is 0 Å². The molecule has 0 bridgehead atoms. The van der Waals surface area contributed by atoms with Crippen LogP contribution in [0.3, 0.4) is 0 Å². The minimum Gasteiger partial charge on any atom is -0.370 e. The van der Waals surface area contributed by atoms with E-state index in [1.807, 2.05) is 19.9 Å². The second kappa shape index (κ2) is 5.75. The maximum absolute atomic E-state index is 11.4. The second-order valence-corrected chi connectivity index (χ2v) is 8.28. The molecular formula is C12H18BrN3O2S. The van der Waals surface area contributed by atoms with Crippen LogP contribution in [0.25, 0.3) is 0 Å². The van der Waals surface area contributed by atoms with Gasteiger partial charge in [0.2, 0.25) is 0 Å². The van der Waals surface area contributed by atoms with Gasteiger partial charge in [0.15, 0.2) is 9.84 Å². The van der Waals surface area contributed by atoms with Gasteiger partial charge in [-0.15, -0.1) is 0 Å². The lowest BCUT2D eigenvalue weighted by Crippen LogP contribution is -2.17. The molecule has 1 saturated heterocycles. The Kier molecular flexibility index (Phi) is 4.45. The Morgan fingerprint density at radius 3 is 2.79 bits per heavy atom. The van der Waals surface area contributed by atoms with E-state index in [2.05, 4.69) is 31.2 Å². The molecule has 1 aromatic rings. The number of hydrogen-bond acceptors (Lipinski definition) is 5. The van der Waals surface area contributed by atoms with Crippen molar-refractivity contribution in [2.75, 3.05) is 23.4 Å². The molecule has 19 heavy (non-hydrogen) atoms. The minimum atomic E-state index is -2.81. The third-order valence-electron chi connectivity index (χ3n) is 3.13. The summed E-state index contributed by atoms with van der Waals surface area (Å²) in [6.07, 6.45) is 0.735. The van der Waals surface area contributed by atoms with E-state index >= 15 is 0 Å². The molecule has 1 aromatic heterocycles. The van der Waals surface area contributed by atoms with Crippen LogP contribution in [-0.2, 0) is 9.84 Å². The molecule has 2 rings (SSSR count). The Morgan fingerprint density at radius 2 is 2.21 bits per heavy atom. The van der Waals surface area contributed by atoms with Crippen molar-refractivity contribution < 1.29 is 8.42 Å². The molecule has 1 atom stereocenters. The fourth-order valence-corrected chi connectivity index (χ4v) is 4.33. The topological polar surface area (TPSA) is 72.0 Å². The second-order valence-electron chi connectivity index (χ2n) is 5.24. The van der Waals surface area contributed by atoms with Crippen molar-refractivity contribution in [1.82, 2.24) is 9.97 Å². The van der Waals surface area contributed by atoms with Crippen LogP contribution in [0.15, 0.2) is 10.7 Å². The maximum atomic E-state index is 11.4. The highest BCUT2D eigenvalue weighted by Crippen LogP contribution is 2.21. The predicted molar refractivity (Wildman–Crippen MR) is 79.1 cm³/mol. The number of nitrogens with one attached hydrogen (secondary N) is 1. The molecule has 0 aliphatic carbocycles. The normalized spacial score (nSPS) is 21.8. The van der Waals surface area contributed by atoms with Gasteiger partial charge in [0, 0.05) is 18.5 Å². The smallest absolute Gasteiger partial charge is 0.150 e. The largest absolute Gasteiger partial charge is 0.370 e. The molecule has 0 amide bonds. The first-order valence-electron chi connectivity index (χ1n) is 6.34. The van der Waals surface area contributed by atoms with Crippen molar-refractivity contribution in [3.8, 4) is 0 Å². The summed E-state index contributed by atoms with van der Waals surface area (Å²) in [5, 5.41) is 3.21. The van der Waals surface area contributed by atoms with Gasteiger partial charge in [-0.05, 0) is 28.3 Å². The number of aromatic nitrogens is 2. The van der Waals surface area contributed by atoms with E-state index in [9.17, 15) is 8.42 Å². The Morgan fingerprint density at radius 1 is 1.47 bits per heavy atom. The van der Waals surface area contributed by atoms with Crippen molar-refractivity contribution in [2.24, 2.45) is 5.92 Å². The number of sulfone groups is 1. The van der Waals surface area contributed by atoms with E-state index < -0.39 is 9.84 Å². The molecule has 2 heterocycles. The molecule has 1 unspecified atom stereocenters. The molecule has 1 aliphatic rings. The van der Waals surface area contributed by atoms with Crippen LogP contribution in [-0.4, -0.2) is 36.4 Å². The van der Waals surface area contributed by atoms with Crippen LogP contribution in [0.2, 0.25) is 0 Å². The molecule has 106 valence electrons. The van der Waals surface area contributed by atoms with E-state index in [0.717, 1.165) is 22.7 Å². The summed E-state index contributed by atoms with van der Waals surface area (Å²) in [4.78, 5) is 8.73. The summed E-state index contributed by atoms with van der Waals surface area (Å²) in [7, 11) is -2.81. The van der Waals surface area contributed by atoms with Crippen molar-refractivity contribution in [2.45, 2.75) is 26.2 Å². The van der Waals surface area contributed by atoms with E-state index in [1.54, 1.807) is 0 Å². The molecular weight excluding hydrogens is 330 g/mol. The third-order valence-corrected chi connectivity index (χ3v) is 5.37. The van der Waals surface area contributed by atoms with Crippen LogP contribution in [0.5, 0.6) is 0 Å². The summed E-state index contributed by atoms with van der Waals surface area (Å²) >= 11 is 3.37. The number of halogens is 1. The zero-order valence-electron chi connectivity index (χ0n) is 11.1. The molecule has 0 radical (unpaired) electrons. The van der Waals surface area contributed by atoms with Gasteiger partial charge in [0.25, 0.3) is 0 Å². The van der Waals surface area contributed by atoms with E-state index in [-0.39, 0.29) is 17.6 Å². The first-order chi connectivity index (χ1) is 8.85. The van der Waals surface area contributed by atoms with E-state index in [4.69, 9.17) is 0 Å². The molecule has 0 spiro atoms. The van der Waals surface area contributed by atoms with Crippen molar-refractivity contribution in [3.05, 3.63) is 16.5 Å². The Bertz CT molecular complexity index is 560. The lowest BCUT2D eigenvalue weighted by molar-refractivity contribution is 0.595. The molecule has 0 aromatic carbocycles. The van der Waals surface area contributed by atoms with E-state index in [1.165, 1.54) is 0 Å². The number of anilines is 1. The molecule has 1 fully saturated rings. The Labute approximate surface area is 122 Å². The summed E-state index contributed by atoms with van der Waals surface area (Å²) < 4.78 is 23.5. The summed E-state index contributed by atoms with van der Waals surface area (Å²) in [6.45, 7) is 4.71. The van der Waals surface area contributed by atoms with Gasteiger partial charge in [-0.3, -0.25) is 0 Å². The highest BCUT2D eigenvalue weighted by atomic mass is 79.9. The monoisotopic (exact) mass is 347 g/mol. The predicted octanol–water partition coefficient (Wildman–Crippen LogP) is 2.21.